The van der Waals surface area contributed by atoms with Gasteiger partial charge in [-0.1, -0.05) is 12.1 Å². The predicted molar refractivity (Wildman–Crippen MR) is 109 cm³/mol. The van der Waals surface area contributed by atoms with Gasteiger partial charge in [-0.3, -0.25) is 9.40 Å². The highest BCUT2D eigenvalue weighted by Crippen LogP contribution is 2.32. The van der Waals surface area contributed by atoms with E-state index in [1.807, 2.05) is 24.3 Å². The predicted octanol–water partition coefficient (Wildman–Crippen LogP) is 2.54. The number of nitrogens with one attached hydrogen (secondary N) is 1. The van der Waals surface area contributed by atoms with Crippen molar-refractivity contribution in [1.29, 1.82) is 0 Å². The van der Waals surface area contributed by atoms with E-state index < -0.39 is 10.0 Å². The average molecular weight is 431 g/mol. The zero-order valence-electron chi connectivity index (χ0n) is 16.4. The molecular formula is C20H21N3O6S. The standard InChI is InChI=1S/C20H21N3O6S/c1-26-15-7-8-19(27-2)20(9-15)30(24,25)22-14-10-21-23(11-14)12-16-13-28-17-5-3-4-6-18(17)29-16/h3-11,16,22H,12-13H2,1-2H3/t16-/m1/s1. The Labute approximate surface area is 174 Å². The van der Waals surface area contributed by atoms with Crippen molar-refractivity contribution in [2.24, 2.45) is 0 Å². The van der Waals surface area contributed by atoms with Gasteiger partial charge in [0.05, 0.1) is 32.6 Å². The number of anilines is 1. The van der Waals surface area contributed by atoms with Crippen LogP contribution in [0.25, 0.3) is 0 Å². The molecule has 1 aromatic heterocycles. The minimum absolute atomic E-state index is 0.0299. The maximum Gasteiger partial charge on any atom is 0.265 e. The molecule has 1 atom stereocenters. The number of aromatic nitrogens is 2. The fourth-order valence-electron chi connectivity index (χ4n) is 3.08. The monoisotopic (exact) mass is 431 g/mol. The van der Waals surface area contributed by atoms with Gasteiger partial charge in [0.25, 0.3) is 10.0 Å². The summed E-state index contributed by atoms with van der Waals surface area (Å²) >= 11 is 0. The summed E-state index contributed by atoms with van der Waals surface area (Å²) in [5.41, 5.74) is 0.317. The van der Waals surface area contributed by atoms with Crippen molar-refractivity contribution in [1.82, 2.24) is 9.78 Å². The van der Waals surface area contributed by atoms with Crippen LogP contribution in [0.3, 0.4) is 0 Å². The zero-order valence-corrected chi connectivity index (χ0v) is 17.3. The van der Waals surface area contributed by atoms with Gasteiger partial charge in [0, 0.05) is 12.3 Å². The number of benzene rings is 2. The highest BCUT2D eigenvalue weighted by atomic mass is 32.2. The molecule has 0 unspecified atom stereocenters. The van der Waals surface area contributed by atoms with Crippen LogP contribution in [0.15, 0.2) is 59.8 Å². The van der Waals surface area contributed by atoms with Gasteiger partial charge in [-0.25, -0.2) is 8.42 Å². The molecule has 0 amide bonds. The summed E-state index contributed by atoms with van der Waals surface area (Å²) in [5, 5.41) is 4.22. The van der Waals surface area contributed by atoms with E-state index in [1.54, 1.807) is 16.9 Å². The Bertz CT molecular complexity index is 1140. The number of nitrogens with zero attached hydrogens (tertiary/aromatic N) is 2. The maximum absolute atomic E-state index is 12.9. The first-order valence-electron chi connectivity index (χ1n) is 9.14. The normalized spacial score (nSPS) is 15.5. The van der Waals surface area contributed by atoms with Crippen molar-refractivity contribution in [2.75, 3.05) is 25.5 Å². The van der Waals surface area contributed by atoms with Gasteiger partial charge >= 0.3 is 0 Å². The van der Waals surface area contributed by atoms with Crippen molar-refractivity contribution >= 4 is 15.7 Å². The van der Waals surface area contributed by atoms with E-state index in [-0.39, 0.29) is 16.7 Å². The van der Waals surface area contributed by atoms with E-state index >= 15 is 0 Å². The molecule has 0 aliphatic carbocycles. The molecule has 30 heavy (non-hydrogen) atoms. The van der Waals surface area contributed by atoms with Crippen LogP contribution in [-0.4, -0.2) is 45.1 Å². The number of ether oxygens (including phenoxy) is 4. The van der Waals surface area contributed by atoms with Crippen molar-refractivity contribution in [3.05, 3.63) is 54.9 Å². The molecule has 3 aromatic rings. The summed E-state index contributed by atoms with van der Waals surface area (Å²) in [6, 6.07) is 12.0. The molecular weight excluding hydrogens is 410 g/mol. The molecule has 2 heterocycles. The Morgan fingerprint density at radius 2 is 1.97 bits per heavy atom. The van der Waals surface area contributed by atoms with Crippen molar-refractivity contribution in [3.8, 4) is 23.0 Å². The topological polar surface area (TPSA) is 101 Å². The van der Waals surface area contributed by atoms with Crippen LogP contribution >= 0.6 is 0 Å². The maximum atomic E-state index is 12.9. The number of para-hydroxylation sites is 2. The van der Waals surface area contributed by atoms with Crippen LogP contribution in [0.1, 0.15) is 0 Å². The third-order valence-electron chi connectivity index (χ3n) is 4.50. The molecule has 1 aliphatic rings. The number of methoxy groups -OCH3 is 2. The van der Waals surface area contributed by atoms with Crippen LogP contribution in [-0.2, 0) is 16.6 Å². The molecule has 1 aliphatic heterocycles. The Kier molecular flexibility index (Phi) is 5.40. The molecule has 4 rings (SSSR count). The van der Waals surface area contributed by atoms with Crippen LogP contribution < -0.4 is 23.7 Å². The lowest BCUT2D eigenvalue weighted by atomic mass is 10.2. The van der Waals surface area contributed by atoms with Gasteiger partial charge < -0.3 is 18.9 Å². The quantitative estimate of drug-likeness (QED) is 0.613. The van der Waals surface area contributed by atoms with Crippen LogP contribution in [0.2, 0.25) is 0 Å². The molecule has 10 heteroatoms. The van der Waals surface area contributed by atoms with Crippen LogP contribution in [0.4, 0.5) is 5.69 Å². The first-order chi connectivity index (χ1) is 14.5. The third kappa shape index (κ3) is 4.13. The molecule has 0 radical (unpaired) electrons. The Balaban J connectivity index is 1.47. The summed E-state index contributed by atoms with van der Waals surface area (Å²) in [4.78, 5) is -0.0299. The molecule has 0 fully saturated rings. The summed E-state index contributed by atoms with van der Waals surface area (Å²) in [7, 11) is -1.04. The fraction of sp³-hybridized carbons (Fsp3) is 0.250. The van der Waals surface area contributed by atoms with E-state index in [0.717, 1.165) is 0 Å². The Morgan fingerprint density at radius 3 is 2.73 bits per heavy atom. The molecule has 2 aromatic carbocycles. The Hall–Kier alpha value is -3.40. The van der Waals surface area contributed by atoms with Gasteiger partial charge in [0.1, 0.15) is 23.0 Å². The largest absolute Gasteiger partial charge is 0.497 e. The van der Waals surface area contributed by atoms with E-state index in [9.17, 15) is 8.42 Å². The second-order valence-corrected chi connectivity index (χ2v) is 8.22. The summed E-state index contributed by atoms with van der Waals surface area (Å²) in [6.45, 7) is 0.775. The van der Waals surface area contributed by atoms with Gasteiger partial charge in [-0.15, -0.1) is 0 Å². The number of fused-ring (bicyclic) bond motifs is 1. The molecule has 0 saturated heterocycles. The molecule has 158 valence electrons. The smallest absolute Gasteiger partial charge is 0.265 e. The number of hydrogen-bond donors (Lipinski definition) is 1. The van der Waals surface area contributed by atoms with Gasteiger partial charge in [0.2, 0.25) is 0 Å². The van der Waals surface area contributed by atoms with Gasteiger partial charge in [-0.05, 0) is 24.3 Å². The SMILES string of the molecule is COc1ccc(OC)c(S(=O)(=O)Nc2cnn(C[C@@H]3COc4ccccc4O3)c2)c1. The van der Waals surface area contributed by atoms with E-state index in [2.05, 4.69) is 9.82 Å². The lowest BCUT2D eigenvalue weighted by molar-refractivity contribution is 0.0759. The van der Waals surface area contributed by atoms with Gasteiger partial charge in [-0.2, -0.15) is 5.10 Å². The minimum Gasteiger partial charge on any atom is -0.497 e. The number of sulfonamides is 1. The van der Waals surface area contributed by atoms with Gasteiger partial charge in [0.15, 0.2) is 17.6 Å². The molecule has 0 spiro atoms. The lowest BCUT2D eigenvalue weighted by Crippen LogP contribution is -2.33. The van der Waals surface area contributed by atoms with Crippen LogP contribution in [0.5, 0.6) is 23.0 Å². The molecule has 0 saturated carbocycles. The van der Waals surface area contributed by atoms with E-state index in [4.69, 9.17) is 18.9 Å². The van der Waals surface area contributed by atoms with Crippen molar-refractivity contribution in [2.45, 2.75) is 17.5 Å². The summed E-state index contributed by atoms with van der Waals surface area (Å²) < 4.78 is 51.7. The van der Waals surface area contributed by atoms with E-state index in [0.29, 0.717) is 36.1 Å². The summed E-state index contributed by atoms with van der Waals surface area (Å²) in [6.07, 6.45) is 2.78. The second-order valence-electron chi connectivity index (χ2n) is 6.57. The first-order valence-corrected chi connectivity index (χ1v) is 10.6. The fourth-order valence-corrected chi connectivity index (χ4v) is 4.30. The van der Waals surface area contributed by atoms with Crippen LogP contribution in [0, 0.1) is 0 Å². The second kappa shape index (κ2) is 8.15. The highest BCUT2D eigenvalue weighted by Gasteiger charge is 2.23. The first kappa shape index (κ1) is 19.9. The van der Waals surface area contributed by atoms with Crippen molar-refractivity contribution in [3.63, 3.8) is 0 Å². The minimum atomic E-state index is -3.91. The highest BCUT2D eigenvalue weighted by molar-refractivity contribution is 7.92. The van der Waals surface area contributed by atoms with Crippen molar-refractivity contribution < 1.29 is 27.4 Å². The Morgan fingerprint density at radius 1 is 1.17 bits per heavy atom. The molecule has 1 N–H and O–H groups in total. The average Bonchev–Trinajstić information content (AvgIpc) is 3.19. The third-order valence-corrected chi connectivity index (χ3v) is 5.91. The number of rotatable bonds is 7. The molecule has 0 bridgehead atoms. The summed E-state index contributed by atoms with van der Waals surface area (Å²) in [5.74, 6) is 1.99. The number of hydrogen-bond acceptors (Lipinski definition) is 7. The zero-order chi connectivity index (χ0) is 21.1. The van der Waals surface area contributed by atoms with E-state index in [1.165, 1.54) is 32.5 Å². The lowest BCUT2D eigenvalue weighted by Gasteiger charge is -2.26. The molecule has 9 nitrogen and oxygen atoms in total.